The molecule has 0 radical (unpaired) electrons. The third kappa shape index (κ3) is 3.24. The smallest absolute Gasteiger partial charge is 0.411 e. The first kappa shape index (κ1) is 14.7. The summed E-state index contributed by atoms with van der Waals surface area (Å²) >= 11 is 0. The molecule has 1 N–H and O–H groups in total. The zero-order valence-electron chi connectivity index (χ0n) is 10.4. The number of carboxylic acids is 1. The van der Waals surface area contributed by atoms with E-state index in [9.17, 15) is 23.1 Å². The van der Waals surface area contributed by atoms with Gasteiger partial charge in [0.2, 0.25) is 0 Å². The highest BCUT2D eigenvalue weighted by Gasteiger charge is 2.45. The highest BCUT2D eigenvalue weighted by atomic mass is 19.4. The average molecular weight is 294 g/mol. The molecule has 0 atom stereocenters. The van der Waals surface area contributed by atoms with Gasteiger partial charge in [-0.25, -0.2) is 4.68 Å². The Morgan fingerprint density at radius 2 is 2.15 bits per heavy atom. The van der Waals surface area contributed by atoms with Crippen molar-refractivity contribution in [3.63, 3.8) is 0 Å². The number of aromatic nitrogens is 4. The summed E-state index contributed by atoms with van der Waals surface area (Å²) in [5.74, 6) is -0.858. The van der Waals surface area contributed by atoms with Crippen molar-refractivity contribution in [1.82, 2.24) is 20.2 Å². The van der Waals surface area contributed by atoms with Crippen LogP contribution in [0.15, 0.2) is 0 Å². The van der Waals surface area contributed by atoms with Gasteiger partial charge in [-0.2, -0.15) is 13.2 Å². The van der Waals surface area contributed by atoms with Crippen LogP contribution in [-0.2, 0) is 22.7 Å². The maximum atomic E-state index is 12.0. The summed E-state index contributed by atoms with van der Waals surface area (Å²) in [6, 6.07) is 0. The Balaban J connectivity index is 1.97. The normalized spacial score (nSPS) is 17.8. The van der Waals surface area contributed by atoms with Crippen LogP contribution in [0.2, 0.25) is 0 Å². The van der Waals surface area contributed by atoms with E-state index in [1.54, 1.807) is 0 Å². The van der Waals surface area contributed by atoms with E-state index in [4.69, 9.17) is 0 Å². The number of alkyl halides is 3. The number of rotatable bonds is 6. The van der Waals surface area contributed by atoms with Crippen LogP contribution < -0.4 is 0 Å². The molecule has 1 saturated carbocycles. The van der Waals surface area contributed by atoms with Gasteiger partial charge in [0.25, 0.3) is 0 Å². The number of aliphatic carboxylic acids is 1. The van der Waals surface area contributed by atoms with Crippen molar-refractivity contribution in [1.29, 1.82) is 0 Å². The number of ether oxygens (including phenoxy) is 1. The number of carbonyl (C=O) groups is 1. The van der Waals surface area contributed by atoms with Crippen molar-refractivity contribution >= 4 is 5.97 Å². The Bertz CT molecular complexity index is 484. The molecule has 0 bridgehead atoms. The Morgan fingerprint density at radius 1 is 1.45 bits per heavy atom. The first-order valence-corrected chi connectivity index (χ1v) is 5.95. The maximum Gasteiger partial charge on any atom is 0.411 e. The van der Waals surface area contributed by atoms with Crippen molar-refractivity contribution in [3.8, 4) is 0 Å². The van der Waals surface area contributed by atoms with Gasteiger partial charge in [0.1, 0.15) is 13.2 Å². The van der Waals surface area contributed by atoms with E-state index >= 15 is 0 Å². The molecular weight excluding hydrogens is 281 g/mol. The zero-order valence-corrected chi connectivity index (χ0v) is 10.4. The second-order valence-electron chi connectivity index (χ2n) is 4.80. The van der Waals surface area contributed by atoms with Crippen molar-refractivity contribution in [2.75, 3.05) is 6.61 Å². The van der Waals surface area contributed by atoms with E-state index in [0.717, 1.165) is 6.42 Å². The molecule has 0 aromatic carbocycles. The predicted octanol–water partition coefficient (Wildman–Crippen LogP) is 1.01. The third-order valence-electron chi connectivity index (χ3n) is 3.32. The number of hydrogen-bond donors (Lipinski definition) is 1. The molecule has 2 rings (SSSR count). The van der Waals surface area contributed by atoms with E-state index in [1.165, 1.54) is 4.68 Å². The summed E-state index contributed by atoms with van der Waals surface area (Å²) in [4.78, 5) is 11.2. The fraction of sp³-hybridized carbons (Fsp3) is 0.800. The molecule has 112 valence electrons. The lowest BCUT2D eigenvalue weighted by atomic mass is 9.69. The van der Waals surface area contributed by atoms with Crippen LogP contribution in [-0.4, -0.2) is 44.1 Å². The molecule has 0 amide bonds. The second-order valence-corrected chi connectivity index (χ2v) is 4.80. The maximum absolute atomic E-state index is 12.0. The largest absolute Gasteiger partial charge is 0.481 e. The first-order valence-electron chi connectivity index (χ1n) is 5.95. The minimum Gasteiger partial charge on any atom is -0.481 e. The quantitative estimate of drug-likeness (QED) is 0.842. The van der Waals surface area contributed by atoms with Gasteiger partial charge < -0.3 is 9.84 Å². The number of halogens is 3. The highest BCUT2D eigenvalue weighted by Crippen LogP contribution is 2.42. The van der Waals surface area contributed by atoms with Crippen LogP contribution in [0.3, 0.4) is 0 Å². The van der Waals surface area contributed by atoms with Crippen molar-refractivity contribution < 1.29 is 27.8 Å². The van der Waals surface area contributed by atoms with E-state index in [-0.39, 0.29) is 12.4 Å². The fourth-order valence-electron chi connectivity index (χ4n) is 2.04. The van der Waals surface area contributed by atoms with Gasteiger partial charge in [0.15, 0.2) is 5.82 Å². The first-order chi connectivity index (χ1) is 9.32. The van der Waals surface area contributed by atoms with Crippen LogP contribution in [0.1, 0.15) is 25.1 Å². The Hall–Kier alpha value is -1.71. The van der Waals surface area contributed by atoms with Gasteiger partial charge in [0, 0.05) is 0 Å². The molecule has 10 heteroatoms. The monoisotopic (exact) mass is 294 g/mol. The lowest BCUT2D eigenvalue weighted by Crippen LogP contribution is -2.42. The summed E-state index contributed by atoms with van der Waals surface area (Å²) < 4.78 is 41.6. The Kier molecular flexibility index (Phi) is 3.93. The zero-order chi connectivity index (χ0) is 14.8. The SMILES string of the molecule is O=C(O)C1(Cn2nnnc2COCC(F)(F)F)CCC1. The highest BCUT2D eigenvalue weighted by molar-refractivity contribution is 5.75. The molecular formula is C10H13F3N4O3. The molecule has 1 fully saturated rings. The molecule has 0 saturated heterocycles. The molecule has 7 nitrogen and oxygen atoms in total. The van der Waals surface area contributed by atoms with E-state index in [0.29, 0.717) is 12.8 Å². The average Bonchev–Trinajstić information content (AvgIpc) is 2.68. The summed E-state index contributed by atoms with van der Waals surface area (Å²) in [6.07, 6.45) is -2.61. The molecule has 1 aromatic heterocycles. The Morgan fingerprint density at radius 3 is 2.65 bits per heavy atom. The summed E-state index contributed by atoms with van der Waals surface area (Å²) in [5.41, 5.74) is -0.922. The molecule has 0 spiro atoms. The minimum atomic E-state index is -4.42. The van der Waals surface area contributed by atoms with Crippen LogP contribution >= 0.6 is 0 Å². The number of nitrogens with zero attached hydrogens (tertiary/aromatic N) is 4. The van der Waals surface area contributed by atoms with E-state index in [2.05, 4.69) is 20.3 Å². The van der Waals surface area contributed by atoms with Gasteiger partial charge in [-0.3, -0.25) is 4.79 Å². The van der Waals surface area contributed by atoms with Crippen LogP contribution in [0.25, 0.3) is 0 Å². The summed E-state index contributed by atoms with van der Waals surface area (Å²) in [5, 5.41) is 19.7. The van der Waals surface area contributed by atoms with Crippen LogP contribution in [0.5, 0.6) is 0 Å². The molecule has 1 heterocycles. The molecule has 0 unspecified atom stereocenters. The second kappa shape index (κ2) is 5.35. The summed E-state index contributed by atoms with van der Waals surface area (Å²) in [7, 11) is 0. The third-order valence-corrected chi connectivity index (χ3v) is 3.32. The minimum absolute atomic E-state index is 0.0417. The molecule has 1 aliphatic carbocycles. The van der Waals surface area contributed by atoms with E-state index < -0.39 is 30.8 Å². The molecule has 1 aromatic rings. The van der Waals surface area contributed by atoms with Crippen molar-refractivity contribution in [3.05, 3.63) is 5.82 Å². The van der Waals surface area contributed by atoms with Crippen LogP contribution in [0.4, 0.5) is 13.2 Å². The van der Waals surface area contributed by atoms with Gasteiger partial charge in [-0.1, -0.05) is 6.42 Å². The van der Waals surface area contributed by atoms with Gasteiger partial charge in [-0.05, 0) is 23.3 Å². The molecule has 20 heavy (non-hydrogen) atoms. The summed E-state index contributed by atoms with van der Waals surface area (Å²) in [6.45, 7) is -1.77. The topological polar surface area (TPSA) is 90.1 Å². The van der Waals surface area contributed by atoms with Crippen molar-refractivity contribution in [2.24, 2.45) is 5.41 Å². The number of carboxylic acid groups (broad SMARTS) is 1. The lowest BCUT2D eigenvalue weighted by Gasteiger charge is -2.37. The van der Waals surface area contributed by atoms with Gasteiger partial charge >= 0.3 is 12.1 Å². The van der Waals surface area contributed by atoms with Gasteiger partial charge in [0.05, 0.1) is 12.0 Å². The number of tetrazole rings is 1. The van der Waals surface area contributed by atoms with Crippen LogP contribution in [0, 0.1) is 5.41 Å². The molecule has 1 aliphatic rings. The van der Waals surface area contributed by atoms with E-state index in [1.807, 2.05) is 0 Å². The molecule has 0 aliphatic heterocycles. The van der Waals surface area contributed by atoms with Gasteiger partial charge in [-0.15, -0.1) is 5.10 Å². The fourth-order valence-corrected chi connectivity index (χ4v) is 2.04. The lowest BCUT2D eigenvalue weighted by molar-refractivity contribution is -0.177. The predicted molar refractivity (Wildman–Crippen MR) is 57.4 cm³/mol. The standard InChI is InChI=1S/C10H13F3N4O3/c11-10(12,13)6-20-4-7-14-15-16-17(7)5-9(8(18)19)2-1-3-9/h1-6H2,(H,18,19). The number of hydrogen-bond acceptors (Lipinski definition) is 5. The van der Waals surface area contributed by atoms with Crippen molar-refractivity contribution in [2.45, 2.75) is 38.6 Å². The Labute approximate surface area is 111 Å².